The number of ether oxygens (including phenoxy) is 5. The molecule has 0 aromatic rings. The number of hydrogen-bond donors (Lipinski definition) is 3. The van der Waals surface area contributed by atoms with Crippen LogP contribution in [0.2, 0.25) is 0 Å². The first-order chi connectivity index (χ1) is 30.3. The van der Waals surface area contributed by atoms with Crippen LogP contribution in [0.3, 0.4) is 0 Å². The third-order valence-electron chi connectivity index (χ3n) is 14.7. The molecule has 16 heteroatoms. The quantitative estimate of drug-likeness (QED) is 0.189. The highest BCUT2D eigenvalue weighted by Crippen LogP contribution is 2.39. The van der Waals surface area contributed by atoms with Crippen LogP contribution in [-0.4, -0.2) is 175 Å². The monoisotopic (exact) mass is 920 g/mol. The molecule has 3 N–H and O–H groups in total. The third kappa shape index (κ3) is 13.3. The molecule has 65 heavy (non-hydrogen) atoms. The number of esters is 1. The van der Waals surface area contributed by atoms with E-state index in [1.165, 1.54) is 19.1 Å². The van der Waals surface area contributed by atoms with Gasteiger partial charge in [-0.05, 0) is 96.1 Å². The van der Waals surface area contributed by atoms with Crippen LogP contribution in [0.5, 0.6) is 0 Å². The lowest BCUT2D eigenvalue weighted by Crippen LogP contribution is -2.64. The lowest BCUT2D eigenvalue weighted by Gasteiger charge is -2.47. The fourth-order valence-corrected chi connectivity index (χ4v) is 10.6. The molecule has 1 aliphatic carbocycles. The maximum absolute atomic E-state index is 14.5. The lowest BCUT2D eigenvalue weighted by atomic mass is 9.81. The highest BCUT2D eigenvalue weighted by Gasteiger charge is 2.56. The number of cyclic esters (lactones) is 1. The smallest absolute Gasteiger partial charge is 0.329 e. The first-order valence-electron chi connectivity index (χ1n) is 23.6. The summed E-state index contributed by atoms with van der Waals surface area (Å²) in [5.74, 6) is -8.69. The molecule has 16 nitrogen and oxygen atoms in total. The average Bonchev–Trinajstić information content (AvgIpc) is 3.27. The molecule has 0 aromatic carbocycles. The summed E-state index contributed by atoms with van der Waals surface area (Å²) in [6.45, 7) is 11.6. The number of carbonyl (C=O) groups is 5. The number of aliphatic hydroxyl groups is 3. The van der Waals surface area contributed by atoms with Crippen molar-refractivity contribution >= 4 is 29.4 Å². The first kappa shape index (κ1) is 54.5. The standard InChI is InChI=1S/C48H77N3O13.CH4/c1-28-20-29(2)22-40(61-8)44-41(62-9)24-31(4)48(59,64-44)45(56)46(57)51-15-11-10-12-35(51)47(58)63-43(30(3)23-33-13-14-36(52)39(25-33)60-7)32(5)37(53)27-38(54)34(21-28)26-42(55)50-18-16-49(6)17-19-50;/h21,23,29,31-37,39-41,43-44,52-53,59H,10-20,22,24-27H2,1-9H3;1H4/b28-21+,30-23+;/t29-,31+,32+,33-,34-,35-,36+,37-,39+,40-,41-,43+,44+,48+;/m0./s1. The van der Waals surface area contributed by atoms with Crippen LogP contribution in [0.15, 0.2) is 23.3 Å². The number of aliphatic hydroxyl groups excluding tert-OH is 2. The van der Waals surface area contributed by atoms with E-state index in [0.717, 1.165) is 18.7 Å². The number of methoxy groups -OCH3 is 3. The lowest BCUT2D eigenvalue weighted by molar-refractivity contribution is -0.302. The Morgan fingerprint density at radius 2 is 1.51 bits per heavy atom. The summed E-state index contributed by atoms with van der Waals surface area (Å²) in [5.41, 5.74) is 1.47. The van der Waals surface area contributed by atoms with Crippen molar-refractivity contribution in [3.8, 4) is 0 Å². The van der Waals surface area contributed by atoms with Crippen molar-refractivity contribution < 1.29 is 63.0 Å². The number of likely N-dealkylation sites (N-methyl/N-ethyl adjacent to an activating group) is 1. The predicted octanol–water partition coefficient (Wildman–Crippen LogP) is 3.86. The zero-order chi connectivity index (χ0) is 47.0. The van der Waals surface area contributed by atoms with Gasteiger partial charge in [0.2, 0.25) is 11.7 Å². The molecule has 2 amide bonds. The van der Waals surface area contributed by atoms with E-state index in [0.29, 0.717) is 63.6 Å². The molecule has 0 aromatic heterocycles. The van der Waals surface area contributed by atoms with Gasteiger partial charge in [0.05, 0.1) is 30.5 Å². The highest BCUT2D eigenvalue weighted by molar-refractivity contribution is 6.39. The SMILES string of the molecule is C.CO[C@H]1C[C@@H](C)C/C(C)=C/[C@@H](CC(=O)N2CCN(C)CC2)C(=O)C[C@H](O)[C@@H](C)[C@@H](/C(C)=C/[C@@H]2CC[C@@H](O)[C@H](OC)C2)OC(=O)[C@@H]2CCCCN2C(=O)C(=O)[C@]2(O)O[C@H]1[C@@H](OC)C[C@H]2C. The number of hydrogen-bond acceptors (Lipinski definition) is 14. The van der Waals surface area contributed by atoms with Crippen molar-refractivity contribution in [3.63, 3.8) is 0 Å². The molecular weight excluding hydrogens is 839 g/mol. The van der Waals surface area contributed by atoms with Gasteiger partial charge >= 0.3 is 5.97 Å². The number of Topliss-reactive ketones (excluding diaryl/α,β-unsaturated/α-hetero) is 2. The minimum atomic E-state index is -2.55. The van der Waals surface area contributed by atoms with Crippen molar-refractivity contribution in [2.45, 2.75) is 167 Å². The van der Waals surface area contributed by atoms with Gasteiger partial charge in [0, 0.05) is 84.6 Å². The van der Waals surface area contributed by atoms with Gasteiger partial charge in [-0.25, -0.2) is 4.79 Å². The Hall–Kier alpha value is -3.09. The average molecular weight is 920 g/mol. The van der Waals surface area contributed by atoms with E-state index in [1.807, 2.05) is 33.0 Å². The molecule has 4 heterocycles. The zero-order valence-electron chi connectivity index (χ0n) is 39.7. The molecule has 0 unspecified atom stereocenters. The maximum atomic E-state index is 14.5. The number of nitrogens with zero attached hydrogens (tertiary/aromatic N) is 3. The third-order valence-corrected chi connectivity index (χ3v) is 14.7. The highest BCUT2D eigenvalue weighted by atomic mass is 16.7. The van der Waals surface area contributed by atoms with Crippen LogP contribution >= 0.6 is 0 Å². The number of fused-ring (bicyclic) bond motifs is 3. The van der Waals surface area contributed by atoms with E-state index < -0.39 is 83.9 Å². The summed E-state index contributed by atoms with van der Waals surface area (Å²) >= 11 is 0. The number of piperazine rings is 1. The summed E-state index contributed by atoms with van der Waals surface area (Å²) in [4.78, 5) is 76.5. The van der Waals surface area contributed by atoms with Gasteiger partial charge in [0.25, 0.3) is 11.7 Å². The summed E-state index contributed by atoms with van der Waals surface area (Å²) in [6, 6.07) is -1.18. The van der Waals surface area contributed by atoms with E-state index in [4.69, 9.17) is 23.7 Å². The van der Waals surface area contributed by atoms with Crippen LogP contribution in [0, 0.1) is 29.6 Å². The molecule has 2 bridgehead atoms. The number of allylic oxidation sites excluding steroid dienone is 3. The predicted molar refractivity (Wildman–Crippen MR) is 243 cm³/mol. The normalized spacial score (nSPS) is 39.0. The minimum absolute atomic E-state index is 0. The number of carbonyl (C=O) groups excluding carboxylic acids is 5. The maximum Gasteiger partial charge on any atom is 0.329 e. The van der Waals surface area contributed by atoms with E-state index in [2.05, 4.69) is 4.90 Å². The van der Waals surface area contributed by atoms with Crippen LogP contribution < -0.4 is 0 Å². The Bertz CT molecular complexity index is 1700. The fraction of sp³-hybridized carbons (Fsp3) is 0.816. The molecule has 5 rings (SSSR count). The van der Waals surface area contributed by atoms with Crippen molar-refractivity contribution in [3.05, 3.63) is 23.3 Å². The summed E-state index contributed by atoms with van der Waals surface area (Å²) in [6.07, 6.45) is 1.87. The number of ketones is 2. The second kappa shape index (κ2) is 24.3. The summed E-state index contributed by atoms with van der Waals surface area (Å²) < 4.78 is 30.0. The Morgan fingerprint density at radius 3 is 2.15 bits per heavy atom. The molecule has 14 atom stereocenters. The van der Waals surface area contributed by atoms with Crippen LogP contribution in [0.4, 0.5) is 0 Å². The van der Waals surface area contributed by atoms with E-state index in [-0.39, 0.29) is 69.3 Å². The molecule has 3 saturated heterocycles. The molecular formula is C49H81N3O13. The fourth-order valence-electron chi connectivity index (χ4n) is 10.6. The van der Waals surface area contributed by atoms with E-state index in [1.54, 1.807) is 32.8 Å². The summed E-state index contributed by atoms with van der Waals surface area (Å²) in [7, 11) is 6.58. The Balaban J connectivity index is 0.00000925. The van der Waals surface area contributed by atoms with Crippen molar-refractivity contribution in [1.29, 1.82) is 0 Å². The molecule has 4 fully saturated rings. The molecule has 4 aliphatic heterocycles. The zero-order valence-corrected chi connectivity index (χ0v) is 39.7. The Kier molecular flexibility index (Phi) is 20.4. The number of piperidine rings is 1. The Morgan fingerprint density at radius 1 is 0.862 bits per heavy atom. The van der Waals surface area contributed by atoms with Gasteiger partial charge in [-0.15, -0.1) is 0 Å². The van der Waals surface area contributed by atoms with Crippen LogP contribution in [0.25, 0.3) is 0 Å². The minimum Gasteiger partial charge on any atom is -0.456 e. The second-order valence-corrected chi connectivity index (χ2v) is 19.6. The summed E-state index contributed by atoms with van der Waals surface area (Å²) in [5, 5.41) is 34.6. The van der Waals surface area contributed by atoms with Crippen molar-refractivity contribution in [1.82, 2.24) is 14.7 Å². The molecule has 370 valence electrons. The van der Waals surface area contributed by atoms with Crippen LogP contribution in [0.1, 0.15) is 113 Å². The van der Waals surface area contributed by atoms with Gasteiger partial charge in [-0.3, -0.25) is 19.2 Å². The first-order valence-corrected chi connectivity index (χ1v) is 23.6. The Labute approximate surface area is 387 Å². The molecule has 1 saturated carbocycles. The molecule has 0 radical (unpaired) electrons. The van der Waals surface area contributed by atoms with Gasteiger partial charge < -0.3 is 53.7 Å². The van der Waals surface area contributed by atoms with Gasteiger partial charge in [-0.1, -0.05) is 45.9 Å². The number of rotatable bonds is 7. The van der Waals surface area contributed by atoms with Gasteiger partial charge in [-0.2, -0.15) is 0 Å². The van der Waals surface area contributed by atoms with E-state index in [9.17, 15) is 39.3 Å². The van der Waals surface area contributed by atoms with Crippen LogP contribution in [-0.2, 0) is 47.7 Å². The molecule has 5 aliphatic rings. The molecule has 0 spiro atoms. The van der Waals surface area contributed by atoms with E-state index >= 15 is 0 Å². The van der Waals surface area contributed by atoms with Gasteiger partial charge in [0.1, 0.15) is 24.0 Å². The largest absolute Gasteiger partial charge is 0.456 e. The number of amides is 2. The second-order valence-electron chi connectivity index (χ2n) is 19.6. The van der Waals surface area contributed by atoms with Crippen molar-refractivity contribution in [2.24, 2.45) is 29.6 Å². The van der Waals surface area contributed by atoms with Crippen molar-refractivity contribution in [2.75, 3.05) is 61.1 Å². The topological polar surface area (TPSA) is 202 Å². The van der Waals surface area contributed by atoms with Gasteiger partial charge in [0.15, 0.2) is 0 Å².